The Labute approximate surface area is 72.5 Å². The third-order valence-electron chi connectivity index (χ3n) is 2.08. The number of nitrogens with two attached hydrogens (primary N) is 1. The SMILES string of the molecule is CCOC(=O)NCC1CC(N)C1. The van der Waals surface area contributed by atoms with Crippen LogP contribution in [0.1, 0.15) is 19.8 Å². The average molecular weight is 172 g/mol. The van der Waals surface area contributed by atoms with Crippen molar-refractivity contribution in [1.29, 1.82) is 0 Å². The fourth-order valence-corrected chi connectivity index (χ4v) is 1.36. The van der Waals surface area contributed by atoms with Crippen molar-refractivity contribution in [1.82, 2.24) is 5.32 Å². The first-order chi connectivity index (χ1) is 5.72. The zero-order valence-corrected chi connectivity index (χ0v) is 7.38. The Hall–Kier alpha value is -0.770. The Bertz CT molecular complexity index is 155. The van der Waals surface area contributed by atoms with Crippen LogP contribution in [-0.4, -0.2) is 25.3 Å². The van der Waals surface area contributed by atoms with Gasteiger partial charge in [0.05, 0.1) is 6.61 Å². The lowest BCUT2D eigenvalue weighted by Gasteiger charge is -2.32. The molecule has 0 aromatic rings. The summed E-state index contributed by atoms with van der Waals surface area (Å²) in [6.07, 6.45) is 1.72. The molecule has 70 valence electrons. The molecule has 0 heterocycles. The van der Waals surface area contributed by atoms with Crippen LogP contribution in [0.15, 0.2) is 0 Å². The van der Waals surface area contributed by atoms with E-state index < -0.39 is 0 Å². The number of carbonyl (C=O) groups is 1. The van der Waals surface area contributed by atoms with Gasteiger partial charge in [0.25, 0.3) is 0 Å². The number of ether oxygens (including phenoxy) is 1. The second kappa shape index (κ2) is 4.30. The summed E-state index contributed by atoms with van der Waals surface area (Å²) in [6.45, 7) is 2.92. The molecule has 1 saturated carbocycles. The molecule has 4 heteroatoms. The summed E-state index contributed by atoms with van der Waals surface area (Å²) in [5.74, 6) is 0.560. The van der Waals surface area contributed by atoms with Crippen molar-refractivity contribution in [2.24, 2.45) is 11.7 Å². The summed E-state index contributed by atoms with van der Waals surface area (Å²) in [7, 11) is 0. The molecule has 3 N–H and O–H groups in total. The number of amides is 1. The van der Waals surface area contributed by atoms with Gasteiger partial charge in [-0.2, -0.15) is 0 Å². The summed E-state index contributed by atoms with van der Waals surface area (Å²) < 4.78 is 4.71. The largest absolute Gasteiger partial charge is 0.450 e. The number of alkyl carbamates (subject to hydrolysis) is 1. The molecule has 0 saturated heterocycles. The van der Waals surface area contributed by atoms with E-state index in [0.29, 0.717) is 25.1 Å². The van der Waals surface area contributed by atoms with Crippen LogP contribution in [0.2, 0.25) is 0 Å². The molecule has 4 nitrogen and oxygen atoms in total. The van der Waals surface area contributed by atoms with Crippen molar-refractivity contribution in [2.75, 3.05) is 13.2 Å². The Balaban J connectivity index is 1.98. The van der Waals surface area contributed by atoms with E-state index in [2.05, 4.69) is 5.32 Å². The first-order valence-electron chi connectivity index (χ1n) is 4.38. The summed E-state index contributed by atoms with van der Waals surface area (Å²) in [5.41, 5.74) is 5.59. The molecule has 12 heavy (non-hydrogen) atoms. The van der Waals surface area contributed by atoms with Crippen LogP contribution in [0, 0.1) is 5.92 Å². The summed E-state index contributed by atoms with van der Waals surface area (Å²) >= 11 is 0. The van der Waals surface area contributed by atoms with E-state index in [1.54, 1.807) is 6.92 Å². The normalized spacial score (nSPS) is 27.5. The minimum absolute atomic E-state index is 0.321. The van der Waals surface area contributed by atoms with Crippen LogP contribution in [0.25, 0.3) is 0 Å². The van der Waals surface area contributed by atoms with Gasteiger partial charge < -0.3 is 15.8 Å². The van der Waals surface area contributed by atoms with E-state index in [-0.39, 0.29) is 6.09 Å². The second-order valence-electron chi connectivity index (χ2n) is 3.20. The zero-order chi connectivity index (χ0) is 8.97. The molecule has 0 spiro atoms. The van der Waals surface area contributed by atoms with E-state index in [4.69, 9.17) is 10.5 Å². The molecule has 1 aliphatic rings. The van der Waals surface area contributed by atoms with Gasteiger partial charge in [-0.1, -0.05) is 0 Å². The van der Waals surface area contributed by atoms with Crippen LogP contribution in [-0.2, 0) is 4.74 Å². The van der Waals surface area contributed by atoms with Gasteiger partial charge >= 0.3 is 6.09 Å². The Morgan fingerprint density at radius 2 is 2.33 bits per heavy atom. The van der Waals surface area contributed by atoms with Crippen molar-refractivity contribution >= 4 is 6.09 Å². The van der Waals surface area contributed by atoms with Crippen molar-refractivity contribution < 1.29 is 9.53 Å². The average Bonchev–Trinajstić information content (AvgIpc) is 1.96. The van der Waals surface area contributed by atoms with Gasteiger partial charge in [0.2, 0.25) is 0 Å². The highest BCUT2D eigenvalue weighted by atomic mass is 16.5. The van der Waals surface area contributed by atoms with E-state index in [9.17, 15) is 4.79 Å². The third kappa shape index (κ3) is 2.70. The number of carbonyl (C=O) groups excluding carboxylic acids is 1. The van der Waals surface area contributed by atoms with Crippen molar-refractivity contribution in [3.63, 3.8) is 0 Å². The standard InChI is InChI=1S/C8H16N2O2/c1-2-12-8(11)10-5-6-3-7(9)4-6/h6-7H,2-5,9H2,1H3,(H,10,11). The number of hydrogen-bond donors (Lipinski definition) is 2. The predicted octanol–water partition coefficient (Wildman–Crippen LogP) is 0.470. The van der Waals surface area contributed by atoms with Gasteiger partial charge in [0, 0.05) is 12.6 Å². The highest BCUT2D eigenvalue weighted by Gasteiger charge is 2.25. The minimum atomic E-state index is -0.321. The fraction of sp³-hybridized carbons (Fsp3) is 0.875. The monoisotopic (exact) mass is 172 g/mol. The first-order valence-corrected chi connectivity index (χ1v) is 4.38. The van der Waals surface area contributed by atoms with E-state index in [0.717, 1.165) is 12.8 Å². The molecule has 0 aromatic heterocycles. The molecule has 0 unspecified atom stereocenters. The van der Waals surface area contributed by atoms with E-state index in [1.165, 1.54) is 0 Å². The highest BCUT2D eigenvalue weighted by Crippen LogP contribution is 2.24. The molecule has 0 atom stereocenters. The molecule has 1 rings (SSSR count). The molecule has 1 fully saturated rings. The van der Waals surface area contributed by atoms with Crippen molar-refractivity contribution in [3.05, 3.63) is 0 Å². The van der Waals surface area contributed by atoms with Crippen molar-refractivity contribution in [3.8, 4) is 0 Å². The first kappa shape index (κ1) is 9.32. The molecule has 0 bridgehead atoms. The summed E-state index contributed by atoms with van der Waals surface area (Å²) in [5, 5.41) is 2.69. The highest BCUT2D eigenvalue weighted by molar-refractivity contribution is 5.67. The second-order valence-corrected chi connectivity index (χ2v) is 3.20. The maximum Gasteiger partial charge on any atom is 0.407 e. The fourth-order valence-electron chi connectivity index (χ4n) is 1.36. The number of hydrogen-bond acceptors (Lipinski definition) is 3. The molecule has 0 aromatic carbocycles. The lowest BCUT2D eigenvalue weighted by atomic mass is 9.81. The van der Waals surface area contributed by atoms with Gasteiger partial charge in [-0.3, -0.25) is 0 Å². The van der Waals surface area contributed by atoms with E-state index >= 15 is 0 Å². The van der Waals surface area contributed by atoms with Crippen molar-refractivity contribution in [2.45, 2.75) is 25.8 Å². The van der Waals surface area contributed by atoms with Gasteiger partial charge in [-0.15, -0.1) is 0 Å². The predicted molar refractivity (Wildman–Crippen MR) is 45.7 cm³/mol. The lowest BCUT2D eigenvalue weighted by molar-refractivity contribution is 0.146. The maximum absolute atomic E-state index is 10.8. The van der Waals surface area contributed by atoms with Gasteiger partial charge in [-0.25, -0.2) is 4.79 Å². The molecule has 0 aliphatic heterocycles. The van der Waals surface area contributed by atoms with Gasteiger partial charge in [-0.05, 0) is 25.7 Å². The molecule has 1 aliphatic carbocycles. The molecule has 0 radical (unpaired) electrons. The maximum atomic E-state index is 10.8. The van der Waals surface area contributed by atoms with Crippen LogP contribution < -0.4 is 11.1 Å². The molecular formula is C8H16N2O2. The zero-order valence-electron chi connectivity index (χ0n) is 7.38. The minimum Gasteiger partial charge on any atom is -0.450 e. The van der Waals surface area contributed by atoms with Crippen LogP contribution in [0.3, 0.4) is 0 Å². The topological polar surface area (TPSA) is 64.3 Å². The number of rotatable bonds is 3. The molecule has 1 amide bonds. The number of nitrogens with one attached hydrogen (secondary N) is 1. The summed E-state index contributed by atoms with van der Waals surface area (Å²) in [4.78, 5) is 10.8. The van der Waals surface area contributed by atoms with Crippen LogP contribution in [0.5, 0.6) is 0 Å². The Morgan fingerprint density at radius 1 is 1.67 bits per heavy atom. The van der Waals surface area contributed by atoms with Gasteiger partial charge in [0.1, 0.15) is 0 Å². The van der Waals surface area contributed by atoms with Crippen LogP contribution in [0.4, 0.5) is 4.79 Å². The quantitative estimate of drug-likeness (QED) is 0.650. The van der Waals surface area contributed by atoms with Gasteiger partial charge in [0.15, 0.2) is 0 Å². The smallest absolute Gasteiger partial charge is 0.407 e. The molecular weight excluding hydrogens is 156 g/mol. The third-order valence-corrected chi connectivity index (χ3v) is 2.08. The summed E-state index contributed by atoms with van der Waals surface area (Å²) in [6, 6.07) is 0.346. The Kier molecular flexibility index (Phi) is 3.34. The van der Waals surface area contributed by atoms with E-state index in [1.807, 2.05) is 0 Å². The van der Waals surface area contributed by atoms with Crippen LogP contribution >= 0.6 is 0 Å². The lowest BCUT2D eigenvalue weighted by Crippen LogP contribution is -2.42. The Morgan fingerprint density at radius 3 is 2.83 bits per heavy atom.